The summed E-state index contributed by atoms with van der Waals surface area (Å²) in [4.78, 5) is 10.4. The van der Waals surface area contributed by atoms with Gasteiger partial charge >= 0.3 is 0 Å². The molecule has 0 spiro atoms. The zero-order valence-electron chi connectivity index (χ0n) is 15.6. The summed E-state index contributed by atoms with van der Waals surface area (Å²) >= 11 is 1.71. The van der Waals surface area contributed by atoms with E-state index >= 15 is 0 Å². The first kappa shape index (κ1) is 19.3. The molecule has 0 aliphatic carbocycles. The summed E-state index contributed by atoms with van der Waals surface area (Å²) in [5.74, 6) is 2.44. The number of aliphatic imine (C=N–C) groups is 1. The van der Waals surface area contributed by atoms with Crippen LogP contribution in [0.4, 0.5) is 0 Å². The normalized spacial score (nSPS) is 11.8. The van der Waals surface area contributed by atoms with Crippen LogP contribution in [0.3, 0.4) is 0 Å². The molecule has 0 atom stereocenters. The fourth-order valence-corrected chi connectivity index (χ4v) is 2.98. The summed E-state index contributed by atoms with van der Waals surface area (Å²) in [6, 6.07) is 0. The molecule has 2 N–H and O–H groups in total. The van der Waals surface area contributed by atoms with Crippen LogP contribution in [0.5, 0.6) is 0 Å². The van der Waals surface area contributed by atoms with E-state index in [1.807, 2.05) is 25.5 Å². The average Bonchev–Trinajstić information content (AvgIpc) is 3.08. The van der Waals surface area contributed by atoms with Crippen LogP contribution in [-0.2, 0) is 24.9 Å². The molecule has 0 saturated carbocycles. The summed E-state index contributed by atoms with van der Waals surface area (Å²) in [5, 5.41) is 15.9. The van der Waals surface area contributed by atoms with E-state index in [9.17, 15) is 0 Å². The second kappa shape index (κ2) is 9.47. The van der Waals surface area contributed by atoms with Crippen LogP contribution in [0, 0.1) is 20.8 Å². The molecule has 0 fully saturated rings. The van der Waals surface area contributed by atoms with Gasteiger partial charge in [-0.25, -0.2) is 9.98 Å². The molecule has 0 saturated heterocycles. The Morgan fingerprint density at radius 3 is 2.64 bits per heavy atom. The van der Waals surface area contributed by atoms with Gasteiger partial charge in [0, 0.05) is 32.2 Å². The van der Waals surface area contributed by atoms with Crippen molar-refractivity contribution in [1.29, 1.82) is 0 Å². The molecule has 0 aliphatic heterocycles. The van der Waals surface area contributed by atoms with E-state index in [2.05, 4.69) is 37.7 Å². The molecule has 0 unspecified atom stereocenters. The Labute approximate surface area is 152 Å². The van der Waals surface area contributed by atoms with Gasteiger partial charge in [-0.15, -0.1) is 21.5 Å². The third-order valence-corrected chi connectivity index (χ3v) is 4.93. The van der Waals surface area contributed by atoms with Gasteiger partial charge in [0.25, 0.3) is 0 Å². The summed E-state index contributed by atoms with van der Waals surface area (Å²) in [7, 11) is 3.65. The van der Waals surface area contributed by atoms with Gasteiger partial charge in [0.15, 0.2) is 11.8 Å². The Kier molecular flexibility index (Phi) is 7.32. The molecule has 0 radical (unpaired) electrons. The number of nitrogens with zero attached hydrogens (tertiary/aromatic N) is 5. The van der Waals surface area contributed by atoms with Crippen LogP contribution in [0.1, 0.15) is 33.6 Å². The van der Waals surface area contributed by atoms with E-state index in [-0.39, 0.29) is 0 Å². The minimum Gasteiger partial charge on any atom is -0.385 e. The molecule has 2 aromatic rings. The van der Waals surface area contributed by atoms with Crippen LogP contribution in [0.15, 0.2) is 4.99 Å². The standard InChI is InChI=1S/C16H27N7OS/c1-11-12(2)25-15(20-11)10-19-16(17-7-6-8-24-5)18-9-14-22-21-13(3)23(14)4/h6-10H2,1-5H3,(H2,17,18,19). The maximum Gasteiger partial charge on any atom is 0.192 e. The number of hydrogen-bond donors (Lipinski definition) is 2. The molecular formula is C16H27N7OS. The molecular weight excluding hydrogens is 338 g/mol. The van der Waals surface area contributed by atoms with Gasteiger partial charge in [0.1, 0.15) is 17.4 Å². The molecule has 138 valence electrons. The predicted octanol–water partition coefficient (Wildman–Crippen LogP) is 1.47. The number of rotatable bonds is 8. The van der Waals surface area contributed by atoms with Gasteiger partial charge in [0.2, 0.25) is 0 Å². The molecule has 2 rings (SSSR count). The lowest BCUT2D eigenvalue weighted by atomic mass is 10.4. The van der Waals surface area contributed by atoms with E-state index in [0.29, 0.717) is 19.7 Å². The van der Waals surface area contributed by atoms with Gasteiger partial charge in [-0.2, -0.15) is 0 Å². The third kappa shape index (κ3) is 5.79. The second-order valence-electron chi connectivity index (χ2n) is 5.76. The number of methoxy groups -OCH3 is 1. The van der Waals surface area contributed by atoms with Crippen LogP contribution >= 0.6 is 11.3 Å². The highest BCUT2D eigenvalue weighted by Gasteiger charge is 2.07. The average molecular weight is 366 g/mol. The highest BCUT2D eigenvalue weighted by atomic mass is 32.1. The van der Waals surface area contributed by atoms with Crippen LogP contribution in [0.25, 0.3) is 0 Å². The molecule has 9 heteroatoms. The van der Waals surface area contributed by atoms with Crippen molar-refractivity contribution in [3.05, 3.63) is 27.2 Å². The van der Waals surface area contributed by atoms with Crippen molar-refractivity contribution in [2.75, 3.05) is 20.3 Å². The van der Waals surface area contributed by atoms with Gasteiger partial charge in [-0.1, -0.05) is 0 Å². The number of thiazole rings is 1. The first-order valence-corrected chi connectivity index (χ1v) is 9.11. The van der Waals surface area contributed by atoms with E-state index in [1.54, 1.807) is 18.4 Å². The maximum absolute atomic E-state index is 5.09. The predicted molar refractivity (Wildman–Crippen MR) is 99.8 cm³/mol. The first-order valence-electron chi connectivity index (χ1n) is 8.30. The van der Waals surface area contributed by atoms with E-state index in [1.165, 1.54) is 4.88 Å². The van der Waals surface area contributed by atoms with Crippen molar-refractivity contribution in [2.45, 2.75) is 40.3 Å². The lowest BCUT2D eigenvalue weighted by Gasteiger charge is -2.11. The van der Waals surface area contributed by atoms with Gasteiger partial charge in [-0.3, -0.25) is 0 Å². The number of aromatic nitrogens is 4. The minimum absolute atomic E-state index is 0.465. The molecule has 8 nitrogen and oxygen atoms in total. The van der Waals surface area contributed by atoms with Gasteiger partial charge in [-0.05, 0) is 27.2 Å². The smallest absolute Gasteiger partial charge is 0.192 e. The van der Waals surface area contributed by atoms with E-state index in [0.717, 1.165) is 41.3 Å². The summed E-state index contributed by atoms with van der Waals surface area (Å²) in [5.41, 5.74) is 1.09. The van der Waals surface area contributed by atoms with Crippen LogP contribution < -0.4 is 10.6 Å². The largest absolute Gasteiger partial charge is 0.385 e. The molecule has 0 aromatic carbocycles. The Morgan fingerprint density at radius 2 is 2.04 bits per heavy atom. The summed E-state index contributed by atoms with van der Waals surface area (Å²) in [6.45, 7) is 8.66. The molecule has 25 heavy (non-hydrogen) atoms. The quantitative estimate of drug-likeness (QED) is 0.418. The number of nitrogens with one attached hydrogen (secondary N) is 2. The Hall–Kier alpha value is -2.00. The molecule has 0 amide bonds. The number of aryl methyl sites for hydroxylation is 3. The lowest BCUT2D eigenvalue weighted by molar-refractivity contribution is 0.195. The zero-order valence-corrected chi connectivity index (χ0v) is 16.4. The lowest BCUT2D eigenvalue weighted by Crippen LogP contribution is -2.37. The fraction of sp³-hybridized carbons (Fsp3) is 0.625. The topological polar surface area (TPSA) is 89.2 Å². The van der Waals surface area contributed by atoms with Crippen molar-refractivity contribution >= 4 is 17.3 Å². The Morgan fingerprint density at radius 1 is 1.24 bits per heavy atom. The van der Waals surface area contributed by atoms with Crippen LogP contribution in [-0.4, -0.2) is 46.0 Å². The summed E-state index contributed by atoms with van der Waals surface area (Å²) in [6.07, 6.45) is 0.912. The van der Waals surface area contributed by atoms with E-state index < -0.39 is 0 Å². The number of ether oxygens (including phenoxy) is 1. The number of guanidine groups is 1. The van der Waals surface area contributed by atoms with Crippen molar-refractivity contribution in [1.82, 2.24) is 30.4 Å². The highest BCUT2D eigenvalue weighted by Crippen LogP contribution is 2.15. The third-order valence-electron chi connectivity index (χ3n) is 3.86. The van der Waals surface area contributed by atoms with E-state index in [4.69, 9.17) is 4.74 Å². The van der Waals surface area contributed by atoms with Gasteiger partial charge < -0.3 is 19.9 Å². The monoisotopic (exact) mass is 365 g/mol. The SMILES string of the molecule is COCCCNC(=NCc1nnc(C)n1C)NCc1nc(C)c(C)s1. The fourth-order valence-electron chi connectivity index (χ4n) is 2.11. The second-order valence-corrected chi connectivity index (χ2v) is 7.05. The molecule has 2 aromatic heterocycles. The van der Waals surface area contributed by atoms with Gasteiger partial charge in [0.05, 0.1) is 12.2 Å². The highest BCUT2D eigenvalue weighted by molar-refractivity contribution is 7.11. The molecule has 0 aliphatic rings. The Bertz CT molecular complexity index is 688. The van der Waals surface area contributed by atoms with Crippen molar-refractivity contribution in [3.63, 3.8) is 0 Å². The summed E-state index contributed by atoms with van der Waals surface area (Å²) < 4.78 is 7.03. The number of hydrogen-bond acceptors (Lipinski definition) is 6. The maximum atomic E-state index is 5.09. The minimum atomic E-state index is 0.465. The van der Waals surface area contributed by atoms with Crippen molar-refractivity contribution in [2.24, 2.45) is 12.0 Å². The molecule has 0 bridgehead atoms. The van der Waals surface area contributed by atoms with Crippen LogP contribution in [0.2, 0.25) is 0 Å². The van der Waals surface area contributed by atoms with Crippen molar-refractivity contribution < 1.29 is 4.74 Å². The zero-order chi connectivity index (χ0) is 18.2. The Balaban J connectivity index is 1.98. The molecule has 2 heterocycles. The van der Waals surface area contributed by atoms with Crippen molar-refractivity contribution in [3.8, 4) is 0 Å². The first-order chi connectivity index (χ1) is 12.0.